The van der Waals surface area contributed by atoms with E-state index in [9.17, 15) is 14.4 Å². The van der Waals surface area contributed by atoms with E-state index in [1.54, 1.807) is 4.90 Å². The minimum atomic E-state index is -0.429. The number of rotatable bonds is 5. The van der Waals surface area contributed by atoms with E-state index in [1.807, 2.05) is 13.8 Å². The van der Waals surface area contributed by atoms with Crippen molar-refractivity contribution >= 4 is 11.8 Å². The number of nitrogens with zero attached hydrogens (tertiary/aromatic N) is 1. The molecule has 6 nitrogen and oxygen atoms in total. The van der Waals surface area contributed by atoms with Gasteiger partial charge in [-0.05, 0) is 19.9 Å². The monoisotopic (exact) mass is 251 g/mol. The molecule has 0 aromatic carbocycles. The van der Waals surface area contributed by atoms with Gasteiger partial charge in [-0.25, -0.2) is 0 Å². The van der Waals surface area contributed by atoms with Gasteiger partial charge in [-0.1, -0.05) is 0 Å². The van der Waals surface area contributed by atoms with Crippen molar-refractivity contribution in [2.75, 3.05) is 19.6 Å². The summed E-state index contributed by atoms with van der Waals surface area (Å²) in [5.41, 5.74) is -0.108. The third-order valence-corrected chi connectivity index (χ3v) is 2.55. The lowest BCUT2D eigenvalue weighted by atomic mass is 10.2. The zero-order valence-corrected chi connectivity index (χ0v) is 10.5. The average Bonchev–Trinajstić information content (AvgIpc) is 2.37. The van der Waals surface area contributed by atoms with E-state index in [4.69, 9.17) is 0 Å². The summed E-state index contributed by atoms with van der Waals surface area (Å²) in [6.45, 7) is 4.90. The Morgan fingerprint density at radius 2 is 2.00 bits per heavy atom. The van der Waals surface area contributed by atoms with Crippen molar-refractivity contribution in [2.24, 2.45) is 0 Å². The lowest BCUT2D eigenvalue weighted by Gasteiger charge is -2.18. The van der Waals surface area contributed by atoms with E-state index in [2.05, 4.69) is 10.3 Å². The van der Waals surface area contributed by atoms with E-state index in [0.29, 0.717) is 13.1 Å². The maximum atomic E-state index is 11.7. The molecule has 18 heavy (non-hydrogen) atoms. The van der Waals surface area contributed by atoms with Gasteiger partial charge in [0.05, 0.1) is 6.54 Å². The fraction of sp³-hybridized carbons (Fsp3) is 0.417. The first-order chi connectivity index (χ1) is 8.58. The molecule has 0 unspecified atom stereocenters. The van der Waals surface area contributed by atoms with Crippen molar-refractivity contribution < 1.29 is 9.59 Å². The minimum Gasteiger partial charge on any atom is -0.343 e. The fourth-order valence-electron chi connectivity index (χ4n) is 1.53. The van der Waals surface area contributed by atoms with Crippen LogP contribution in [0.2, 0.25) is 0 Å². The summed E-state index contributed by atoms with van der Waals surface area (Å²) in [5.74, 6) is -0.570. The molecule has 2 N–H and O–H groups in total. The van der Waals surface area contributed by atoms with Gasteiger partial charge >= 0.3 is 0 Å². The molecule has 0 aliphatic carbocycles. The molecule has 0 spiro atoms. The lowest BCUT2D eigenvalue weighted by Crippen LogP contribution is -2.40. The molecule has 0 saturated heterocycles. The van der Waals surface area contributed by atoms with Crippen molar-refractivity contribution in [3.05, 3.63) is 34.2 Å². The molecule has 0 atom stereocenters. The van der Waals surface area contributed by atoms with E-state index in [0.717, 1.165) is 0 Å². The van der Waals surface area contributed by atoms with Crippen LogP contribution in [0.5, 0.6) is 0 Å². The summed E-state index contributed by atoms with van der Waals surface area (Å²) in [6, 6.07) is 2.68. The highest BCUT2D eigenvalue weighted by atomic mass is 16.2. The third kappa shape index (κ3) is 3.73. The van der Waals surface area contributed by atoms with E-state index >= 15 is 0 Å². The number of carbonyl (C=O) groups is 2. The molecule has 0 radical (unpaired) electrons. The zero-order valence-electron chi connectivity index (χ0n) is 10.5. The number of aromatic nitrogens is 1. The van der Waals surface area contributed by atoms with Crippen molar-refractivity contribution in [1.29, 1.82) is 0 Å². The van der Waals surface area contributed by atoms with Crippen LogP contribution in [-0.4, -0.2) is 41.3 Å². The van der Waals surface area contributed by atoms with Crippen molar-refractivity contribution in [2.45, 2.75) is 13.8 Å². The van der Waals surface area contributed by atoms with Gasteiger partial charge in [0.25, 0.3) is 5.91 Å². The number of hydrogen-bond acceptors (Lipinski definition) is 3. The largest absolute Gasteiger partial charge is 0.343 e. The molecule has 6 heteroatoms. The highest BCUT2D eigenvalue weighted by molar-refractivity contribution is 5.96. The summed E-state index contributed by atoms with van der Waals surface area (Å²) in [6.07, 6.45) is 1.39. The molecule has 0 bridgehead atoms. The first-order valence-corrected chi connectivity index (χ1v) is 5.83. The second-order valence-electron chi connectivity index (χ2n) is 3.69. The van der Waals surface area contributed by atoms with Gasteiger partial charge in [0, 0.05) is 30.9 Å². The first-order valence-electron chi connectivity index (χ1n) is 5.83. The Morgan fingerprint density at radius 3 is 2.56 bits per heavy atom. The van der Waals surface area contributed by atoms with Crippen LogP contribution in [0.1, 0.15) is 24.2 Å². The highest BCUT2D eigenvalue weighted by Gasteiger charge is 2.12. The van der Waals surface area contributed by atoms with Crippen LogP contribution in [0.15, 0.2) is 23.1 Å². The lowest BCUT2D eigenvalue weighted by molar-refractivity contribution is -0.129. The number of aromatic amines is 1. The van der Waals surface area contributed by atoms with Crippen LogP contribution in [0.4, 0.5) is 0 Å². The molecule has 0 saturated carbocycles. The van der Waals surface area contributed by atoms with E-state index in [-0.39, 0.29) is 23.6 Å². The molecular formula is C12H17N3O3. The SMILES string of the molecule is CCN(CC)C(=O)CNC(=O)c1cc[nH]c(=O)c1. The number of likely N-dealkylation sites (N-methyl/N-ethyl adjacent to an activating group) is 1. The van der Waals surface area contributed by atoms with Crippen LogP contribution < -0.4 is 10.9 Å². The van der Waals surface area contributed by atoms with E-state index in [1.165, 1.54) is 18.3 Å². The van der Waals surface area contributed by atoms with Gasteiger partial charge in [-0.2, -0.15) is 0 Å². The molecule has 0 fully saturated rings. The van der Waals surface area contributed by atoms with Crippen LogP contribution in [0, 0.1) is 0 Å². The topological polar surface area (TPSA) is 82.3 Å². The summed E-state index contributed by atoms with van der Waals surface area (Å²) in [4.78, 5) is 38.4. The number of H-pyrrole nitrogens is 1. The number of hydrogen-bond donors (Lipinski definition) is 2. The Balaban J connectivity index is 2.56. The first kappa shape index (κ1) is 14.0. The zero-order chi connectivity index (χ0) is 13.5. The van der Waals surface area contributed by atoms with Crippen molar-refractivity contribution in [3.8, 4) is 0 Å². The van der Waals surface area contributed by atoms with Crippen LogP contribution in [0.3, 0.4) is 0 Å². The molecule has 0 aliphatic rings. The van der Waals surface area contributed by atoms with Gasteiger partial charge in [-0.3, -0.25) is 14.4 Å². The maximum absolute atomic E-state index is 11.7. The summed E-state index contributed by atoms with van der Waals surface area (Å²) >= 11 is 0. The van der Waals surface area contributed by atoms with Gasteiger partial charge in [0.2, 0.25) is 11.5 Å². The Labute approximate surface area is 105 Å². The van der Waals surface area contributed by atoms with Crippen molar-refractivity contribution in [3.63, 3.8) is 0 Å². The number of carbonyl (C=O) groups excluding carboxylic acids is 2. The predicted molar refractivity (Wildman–Crippen MR) is 67.3 cm³/mol. The summed E-state index contributed by atoms with van der Waals surface area (Å²) in [5, 5.41) is 2.49. The molecule has 2 amide bonds. The average molecular weight is 251 g/mol. The summed E-state index contributed by atoms with van der Waals surface area (Å²) < 4.78 is 0. The van der Waals surface area contributed by atoms with Crippen LogP contribution in [-0.2, 0) is 4.79 Å². The number of amides is 2. The molecule has 1 heterocycles. The minimum absolute atomic E-state index is 0.0622. The van der Waals surface area contributed by atoms with Gasteiger partial charge in [0.15, 0.2) is 0 Å². The van der Waals surface area contributed by atoms with Gasteiger partial charge < -0.3 is 15.2 Å². The Bertz CT molecular complexity index is 477. The van der Waals surface area contributed by atoms with Gasteiger partial charge in [-0.15, -0.1) is 0 Å². The molecule has 98 valence electrons. The second-order valence-corrected chi connectivity index (χ2v) is 3.69. The number of nitrogens with one attached hydrogen (secondary N) is 2. The molecule has 1 aromatic rings. The maximum Gasteiger partial charge on any atom is 0.251 e. The highest BCUT2D eigenvalue weighted by Crippen LogP contribution is 1.93. The van der Waals surface area contributed by atoms with Gasteiger partial charge in [0.1, 0.15) is 0 Å². The normalized spacial score (nSPS) is 9.89. The second kappa shape index (κ2) is 6.58. The van der Waals surface area contributed by atoms with E-state index < -0.39 is 5.91 Å². The van der Waals surface area contributed by atoms with Crippen molar-refractivity contribution in [1.82, 2.24) is 15.2 Å². The Hall–Kier alpha value is -2.11. The predicted octanol–water partition coefficient (Wildman–Crippen LogP) is -0.0269. The fourth-order valence-corrected chi connectivity index (χ4v) is 1.53. The Morgan fingerprint density at radius 1 is 1.33 bits per heavy atom. The summed E-state index contributed by atoms with van der Waals surface area (Å²) in [7, 11) is 0. The smallest absolute Gasteiger partial charge is 0.251 e. The van der Waals surface area contributed by atoms with Crippen LogP contribution in [0.25, 0.3) is 0 Å². The quantitative estimate of drug-likeness (QED) is 0.771. The Kier molecular flexibility index (Phi) is 5.10. The standard InChI is InChI=1S/C12H17N3O3/c1-3-15(4-2)11(17)8-14-12(18)9-5-6-13-10(16)7-9/h5-7H,3-4,8H2,1-2H3,(H,13,16)(H,14,18). The third-order valence-electron chi connectivity index (χ3n) is 2.55. The molecular weight excluding hydrogens is 234 g/mol. The molecule has 1 rings (SSSR count). The molecule has 0 aliphatic heterocycles. The molecule has 1 aromatic heterocycles. The number of pyridine rings is 1. The van der Waals surface area contributed by atoms with Crippen LogP contribution >= 0.6 is 0 Å².